The molecule has 0 bridgehead atoms. The molecule has 3 rings (SSSR count). The number of fused-ring (bicyclic) bond motifs is 1. The molecule has 4 nitrogen and oxygen atoms in total. The summed E-state index contributed by atoms with van der Waals surface area (Å²) in [5.74, 6) is 1.96. The highest BCUT2D eigenvalue weighted by molar-refractivity contribution is 5.78. The Labute approximate surface area is 98.7 Å². The van der Waals surface area contributed by atoms with Crippen molar-refractivity contribution in [3.63, 3.8) is 0 Å². The lowest BCUT2D eigenvalue weighted by Crippen LogP contribution is -1.81. The lowest BCUT2D eigenvalue weighted by molar-refractivity contribution is 0.372. The highest BCUT2D eigenvalue weighted by atomic mass is 16.5. The van der Waals surface area contributed by atoms with E-state index in [2.05, 4.69) is 29.0 Å². The number of H-pyrrole nitrogens is 1. The lowest BCUT2D eigenvalue weighted by Gasteiger charge is -1.93. The average Bonchev–Trinajstić information content (AvgIpc) is 2.95. The molecule has 0 amide bonds. The number of nitrogens with one attached hydrogen (secondary N) is 1. The fraction of sp³-hybridized carbons (Fsp3) is 0.231. The first-order valence-electron chi connectivity index (χ1n) is 5.66. The van der Waals surface area contributed by atoms with Crippen molar-refractivity contribution in [2.75, 3.05) is 0 Å². The van der Waals surface area contributed by atoms with Crippen LogP contribution in [0.3, 0.4) is 0 Å². The maximum Gasteiger partial charge on any atom is 0.160 e. The van der Waals surface area contributed by atoms with E-state index in [9.17, 15) is 0 Å². The Morgan fingerprint density at radius 3 is 2.76 bits per heavy atom. The van der Waals surface area contributed by atoms with Gasteiger partial charge in [0, 0.05) is 12.0 Å². The van der Waals surface area contributed by atoms with Crippen LogP contribution in [0.4, 0.5) is 0 Å². The van der Waals surface area contributed by atoms with Gasteiger partial charge in [-0.05, 0) is 12.1 Å². The standard InChI is InChI=1S/C13H13N3O/c1-8(2)12-7-11(16-17-12)13-14-9-5-3-4-6-10(9)15-13/h3-8H,1-2H3,(H,14,15). The summed E-state index contributed by atoms with van der Waals surface area (Å²) >= 11 is 0. The number of imidazole rings is 1. The van der Waals surface area contributed by atoms with E-state index in [1.54, 1.807) is 0 Å². The summed E-state index contributed by atoms with van der Waals surface area (Å²) in [7, 11) is 0. The fourth-order valence-corrected chi connectivity index (χ4v) is 1.75. The molecule has 3 aromatic rings. The van der Waals surface area contributed by atoms with Gasteiger partial charge in [-0.3, -0.25) is 0 Å². The Hall–Kier alpha value is -2.10. The lowest BCUT2D eigenvalue weighted by atomic mass is 10.1. The van der Waals surface area contributed by atoms with Gasteiger partial charge in [-0.25, -0.2) is 4.98 Å². The molecule has 0 saturated carbocycles. The van der Waals surface area contributed by atoms with E-state index in [0.29, 0.717) is 5.92 Å². The van der Waals surface area contributed by atoms with Crippen LogP contribution in [0.5, 0.6) is 0 Å². The van der Waals surface area contributed by atoms with E-state index in [1.807, 2.05) is 30.3 Å². The van der Waals surface area contributed by atoms with Gasteiger partial charge in [-0.2, -0.15) is 0 Å². The summed E-state index contributed by atoms with van der Waals surface area (Å²) < 4.78 is 5.27. The van der Waals surface area contributed by atoms with Crippen LogP contribution in [0.2, 0.25) is 0 Å². The molecule has 0 aliphatic heterocycles. The SMILES string of the molecule is CC(C)c1cc(-c2nc3ccccc3[nH]2)no1. The first-order chi connectivity index (χ1) is 8.24. The molecule has 0 fully saturated rings. The molecule has 17 heavy (non-hydrogen) atoms. The largest absolute Gasteiger partial charge is 0.360 e. The monoisotopic (exact) mass is 227 g/mol. The van der Waals surface area contributed by atoms with Crippen LogP contribution >= 0.6 is 0 Å². The van der Waals surface area contributed by atoms with E-state index in [0.717, 1.165) is 28.3 Å². The zero-order valence-electron chi connectivity index (χ0n) is 9.77. The molecule has 86 valence electrons. The van der Waals surface area contributed by atoms with E-state index in [-0.39, 0.29) is 0 Å². The molecular weight excluding hydrogens is 214 g/mol. The van der Waals surface area contributed by atoms with Crippen molar-refractivity contribution in [2.24, 2.45) is 0 Å². The summed E-state index contributed by atoms with van der Waals surface area (Å²) in [5, 5.41) is 4.03. The van der Waals surface area contributed by atoms with Crippen LogP contribution in [-0.2, 0) is 0 Å². The van der Waals surface area contributed by atoms with E-state index in [1.165, 1.54) is 0 Å². The van der Waals surface area contributed by atoms with Crippen LogP contribution in [0.1, 0.15) is 25.5 Å². The summed E-state index contributed by atoms with van der Waals surface area (Å²) in [4.78, 5) is 7.71. The van der Waals surface area contributed by atoms with Crippen molar-refractivity contribution in [3.05, 3.63) is 36.1 Å². The number of para-hydroxylation sites is 2. The Balaban J connectivity index is 2.07. The summed E-state index contributed by atoms with van der Waals surface area (Å²) in [6.45, 7) is 4.14. The van der Waals surface area contributed by atoms with Crippen molar-refractivity contribution in [2.45, 2.75) is 19.8 Å². The van der Waals surface area contributed by atoms with Crippen molar-refractivity contribution in [1.82, 2.24) is 15.1 Å². The molecule has 0 unspecified atom stereocenters. The smallest absolute Gasteiger partial charge is 0.160 e. The Kier molecular flexibility index (Phi) is 2.21. The quantitative estimate of drug-likeness (QED) is 0.730. The van der Waals surface area contributed by atoms with Crippen molar-refractivity contribution >= 4 is 11.0 Å². The highest BCUT2D eigenvalue weighted by Crippen LogP contribution is 2.23. The van der Waals surface area contributed by atoms with E-state index in [4.69, 9.17) is 4.52 Å². The molecule has 1 N–H and O–H groups in total. The predicted octanol–water partition coefficient (Wildman–Crippen LogP) is 3.34. The Morgan fingerprint density at radius 2 is 2.06 bits per heavy atom. The van der Waals surface area contributed by atoms with Gasteiger partial charge in [0.05, 0.1) is 11.0 Å². The van der Waals surface area contributed by atoms with E-state index < -0.39 is 0 Å². The van der Waals surface area contributed by atoms with Crippen LogP contribution in [0.25, 0.3) is 22.6 Å². The second kappa shape index (κ2) is 3.73. The maximum absolute atomic E-state index is 5.27. The number of benzene rings is 1. The molecule has 0 aliphatic rings. The van der Waals surface area contributed by atoms with Crippen LogP contribution in [0, 0.1) is 0 Å². The summed E-state index contributed by atoms with van der Waals surface area (Å²) in [6, 6.07) is 9.85. The van der Waals surface area contributed by atoms with Crippen LogP contribution in [0.15, 0.2) is 34.9 Å². The second-order valence-electron chi connectivity index (χ2n) is 4.37. The van der Waals surface area contributed by atoms with Crippen LogP contribution in [-0.4, -0.2) is 15.1 Å². The Morgan fingerprint density at radius 1 is 1.24 bits per heavy atom. The topological polar surface area (TPSA) is 54.7 Å². The highest BCUT2D eigenvalue weighted by Gasteiger charge is 2.12. The molecule has 0 spiro atoms. The minimum Gasteiger partial charge on any atom is -0.360 e. The normalized spacial score (nSPS) is 11.5. The van der Waals surface area contributed by atoms with Gasteiger partial charge in [-0.1, -0.05) is 31.1 Å². The van der Waals surface area contributed by atoms with Gasteiger partial charge in [0.15, 0.2) is 5.82 Å². The minimum absolute atomic E-state index is 0.334. The van der Waals surface area contributed by atoms with Gasteiger partial charge < -0.3 is 9.51 Å². The van der Waals surface area contributed by atoms with Crippen molar-refractivity contribution < 1.29 is 4.52 Å². The van der Waals surface area contributed by atoms with Gasteiger partial charge in [-0.15, -0.1) is 0 Å². The molecule has 0 radical (unpaired) electrons. The number of aromatic amines is 1. The van der Waals surface area contributed by atoms with Gasteiger partial charge >= 0.3 is 0 Å². The van der Waals surface area contributed by atoms with Gasteiger partial charge in [0.25, 0.3) is 0 Å². The molecule has 4 heteroatoms. The number of rotatable bonds is 2. The second-order valence-corrected chi connectivity index (χ2v) is 4.37. The molecule has 2 heterocycles. The number of nitrogens with zero attached hydrogens (tertiary/aromatic N) is 2. The zero-order chi connectivity index (χ0) is 11.8. The molecule has 0 atom stereocenters. The van der Waals surface area contributed by atoms with Crippen LogP contribution < -0.4 is 0 Å². The average molecular weight is 227 g/mol. The van der Waals surface area contributed by atoms with Crippen molar-refractivity contribution in [1.29, 1.82) is 0 Å². The zero-order valence-corrected chi connectivity index (χ0v) is 9.77. The minimum atomic E-state index is 0.334. The number of hydrogen-bond donors (Lipinski definition) is 1. The predicted molar refractivity (Wildman–Crippen MR) is 65.7 cm³/mol. The molecule has 0 saturated heterocycles. The fourth-order valence-electron chi connectivity index (χ4n) is 1.75. The third-order valence-corrected chi connectivity index (χ3v) is 2.73. The van der Waals surface area contributed by atoms with Gasteiger partial charge in [0.2, 0.25) is 0 Å². The van der Waals surface area contributed by atoms with Gasteiger partial charge in [0.1, 0.15) is 11.5 Å². The molecule has 1 aromatic carbocycles. The maximum atomic E-state index is 5.27. The first kappa shape index (κ1) is 10.1. The Bertz CT molecular complexity index is 618. The number of hydrogen-bond acceptors (Lipinski definition) is 3. The molecule has 2 aromatic heterocycles. The summed E-state index contributed by atoms with van der Waals surface area (Å²) in [5.41, 5.74) is 2.71. The first-order valence-corrected chi connectivity index (χ1v) is 5.66. The molecular formula is C13H13N3O. The van der Waals surface area contributed by atoms with E-state index >= 15 is 0 Å². The third-order valence-electron chi connectivity index (χ3n) is 2.73. The molecule has 0 aliphatic carbocycles. The summed E-state index contributed by atoms with van der Waals surface area (Å²) in [6.07, 6.45) is 0. The third kappa shape index (κ3) is 1.71. The van der Waals surface area contributed by atoms with Crippen molar-refractivity contribution in [3.8, 4) is 11.5 Å². The number of aromatic nitrogens is 3.